The van der Waals surface area contributed by atoms with Crippen LogP contribution in [0, 0.1) is 0 Å². The molecule has 0 aliphatic carbocycles. The van der Waals surface area contributed by atoms with Crippen molar-refractivity contribution in [3.05, 3.63) is 32.6 Å². The van der Waals surface area contributed by atoms with Gasteiger partial charge in [0, 0.05) is 18.8 Å². The highest BCUT2D eigenvalue weighted by Crippen LogP contribution is 2.35. The van der Waals surface area contributed by atoms with Gasteiger partial charge in [-0.2, -0.15) is 0 Å². The first-order valence-corrected chi connectivity index (χ1v) is 9.43. The maximum absolute atomic E-state index is 12.5. The molecule has 1 saturated heterocycles. The van der Waals surface area contributed by atoms with E-state index >= 15 is 0 Å². The van der Waals surface area contributed by atoms with E-state index in [4.69, 9.17) is 9.47 Å². The molecule has 1 aromatic rings. The quantitative estimate of drug-likeness (QED) is 0.661. The fourth-order valence-electron chi connectivity index (χ4n) is 3.31. The number of hydrogen-bond donors (Lipinski definition) is 3. The number of hydrogen-bond acceptors (Lipinski definition) is 6. The Morgan fingerprint density at radius 2 is 1.93 bits per heavy atom. The van der Waals surface area contributed by atoms with Crippen molar-refractivity contribution in [2.24, 2.45) is 0 Å². The van der Waals surface area contributed by atoms with E-state index in [1.54, 1.807) is 13.8 Å². The third-order valence-electron chi connectivity index (χ3n) is 4.97. The van der Waals surface area contributed by atoms with Gasteiger partial charge in [-0.05, 0) is 25.7 Å². The van der Waals surface area contributed by atoms with Crippen molar-refractivity contribution < 1.29 is 19.4 Å². The first kappa shape index (κ1) is 22.3. The lowest BCUT2D eigenvalue weighted by atomic mass is 9.89. The molecule has 28 heavy (non-hydrogen) atoms. The van der Waals surface area contributed by atoms with Crippen LogP contribution in [0.15, 0.2) is 15.8 Å². The second-order valence-electron chi connectivity index (χ2n) is 8.60. The number of aliphatic hydroxyl groups is 1. The molecule has 4 unspecified atom stereocenters. The maximum Gasteiger partial charge on any atom is 0.330 e. The second kappa shape index (κ2) is 7.81. The number of amides is 1. The van der Waals surface area contributed by atoms with Crippen molar-refractivity contribution in [2.45, 2.75) is 83.5 Å². The van der Waals surface area contributed by atoms with Crippen molar-refractivity contribution in [3.8, 4) is 0 Å². The number of likely N-dealkylation sites (N-methyl/N-ethyl adjacent to an activating group) is 1. The molecule has 1 aromatic heterocycles. The fraction of sp³-hybridized carbons (Fsp3) is 0.737. The lowest BCUT2D eigenvalue weighted by Gasteiger charge is -2.31. The van der Waals surface area contributed by atoms with E-state index in [1.807, 2.05) is 27.7 Å². The summed E-state index contributed by atoms with van der Waals surface area (Å²) in [5.74, 6) is -0.373. The molecule has 1 aliphatic heterocycles. The predicted molar refractivity (Wildman–Crippen MR) is 103 cm³/mol. The highest BCUT2D eigenvalue weighted by atomic mass is 16.6. The number of aliphatic hydroxyl groups excluding tert-OH is 1. The van der Waals surface area contributed by atoms with E-state index in [2.05, 4.69) is 10.3 Å². The molecule has 0 spiro atoms. The molecule has 2 rings (SSSR count). The summed E-state index contributed by atoms with van der Waals surface area (Å²) in [6.07, 6.45) is -1.66. The SMILES string of the molecule is CCC1OC(n2cc(C(C)(C)C)c(=O)[nH]c2=O)C(OC(C)(C)C(=O)NC)C1O. The highest BCUT2D eigenvalue weighted by Gasteiger charge is 2.48. The summed E-state index contributed by atoms with van der Waals surface area (Å²) in [7, 11) is 1.49. The van der Waals surface area contributed by atoms with Crippen molar-refractivity contribution >= 4 is 5.91 Å². The van der Waals surface area contributed by atoms with Crippen molar-refractivity contribution in [1.29, 1.82) is 0 Å². The van der Waals surface area contributed by atoms with Crippen LogP contribution in [-0.4, -0.2) is 51.5 Å². The molecule has 1 aliphatic rings. The third-order valence-corrected chi connectivity index (χ3v) is 4.97. The van der Waals surface area contributed by atoms with Gasteiger partial charge < -0.3 is 19.9 Å². The second-order valence-corrected chi connectivity index (χ2v) is 8.60. The van der Waals surface area contributed by atoms with Crippen LogP contribution in [0.25, 0.3) is 0 Å². The van der Waals surface area contributed by atoms with Crippen LogP contribution in [0.1, 0.15) is 59.8 Å². The summed E-state index contributed by atoms with van der Waals surface area (Å²) in [5.41, 5.74) is -2.51. The number of nitrogens with one attached hydrogen (secondary N) is 2. The molecular formula is C19H31N3O6. The standard InChI is InChI=1S/C19H31N3O6/c1-8-11-12(23)13(28-19(5,6)16(25)20-7)15(27-11)22-9-10(18(2,3)4)14(24)21-17(22)26/h9,11-13,15,23H,8H2,1-7H3,(H,20,25)(H,21,24,26). The number of carbonyl (C=O) groups excluding carboxylic acids is 1. The first-order valence-electron chi connectivity index (χ1n) is 9.43. The molecule has 0 radical (unpaired) electrons. The number of H-pyrrole nitrogens is 1. The Balaban J connectivity index is 2.54. The van der Waals surface area contributed by atoms with Gasteiger partial charge in [0.15, 0.2) is 6.23 Å². The molecular weight excluding hydrogens is 366 g/mol. The summed E-state index contributed by atoms with van der Waals surface area (Å²) in [5, 5.41) is 13.2. The fourth-order valence-corrected chi connectivity index (χ4v) is 3.31. The highest BCUT2D eigenvalue weighted by molar-refractivity contribution is 5.84. The zero-order valence-corrected chi connectivity index (χ0v) is 17.5. The number of nitrogens with zero attached hydrogens (tertiary/aromatic N) is 1. The van der Waals surface area contributed by atoms with E-state index in [-0.39, 0.29) is 5.91 Å². The summed E-state index contributed by atoms with van der Waals surface area (Å²) < 4.78 is 13.1. The summed E-state index contributed by atoms with van der Waals surface area (Å²) in [4.78, 5) is 39.2. The molecule has 3 N–H and O–H groups in total. The van der Waals surface area contributed by atoms with Crippen LogP contribution in [0.5, 0.6) is 0 Å². The Kier molecular flexibility index (Phi) is 6.22. The number of carbonyl (C=O) groups is 1. The van der Waals surface area contributed by atoms with E-state index in [0.29, 0.717) is 12.0 Å². The molecule has 0 aromatic carbocycles. The Labute approximate surface area is 164 Å². The van der Waals surface area contributed by atoms with E-state index in [1.165, 1.54) is 17.8 Å². The molecule has 4 atom stereocenters. The average molecular weight is 397 g/mol. The minimum atomic E-state index is -1.26. The molecule has 158 valence electrons. The van der Waals surface area contributed by atoms with Gasteiger partial charge in [0.1, 0.15) is 17.8 Å². The smallest absolute Gasteiger partial charge is 0.330 e. The van der Waals surface area contributed by atoms with Gasteiger partial charge in [-0.3, -0.25) is 19.1 Å². The van der Waals surface area contributed by atoms with Crippen molar-refractivity contribution in [1.82, 2.24) is 14.9 Å². The minimum absolute atomic E-state index is 0.373. The van der Waals surface area contributed by atoms with E-state index < -0.39 is 46.8 Å². The summed E-state index contributed by atoms with van der Waals surface area (Å²) >= 11 is 0. The largest absolute Gasteiger partial charge is 0.388 e. The number of ether oxygens (including phenoxy) is 2. The van der Waals surface area contributed by atoms with Crippen molar-refractivity contribution in [2.75, 3.05) is 7.05 Å². The van der Waals surface area contributed by atoms with Gasteiger partial charge in [-0.15, -0.1) is 0 Å². The van der Waals surface area contributed by atoms with E-state index in [0.717, 1.165) is 0 Å². The lowest BCUT2D eigenvalue weighted by molar-refractivity contribution is -0.165. The molecule has 1 fully saturated rings. The first-order chi connectivity index (χ1) is 12.8. The number of rotatable bonds is 5. The lowest BCUT2D eigenvalue weighted by Crippen LogP contribution is -2.49. The van der Waals surface area contributed by atoms with Gasteiger partial charge in [-0.25, -0.2) is 4.79 Å². The molecule has 1 amide bonds. The summed E-state index contributed by atoms with van der Waals surface area (Å²) in [6, 6.07) is 0. The Morgan fingerprint density at radius 3 is 2.43 bits per heavy atom. The maximum atomic E-state index is 12.5. The molecule has 2 heterocycles. The normalized spacial score (nSPS) is 25.7. The van der Waals surface area contributed by atoms with Gasteiger partial charge in [-0.1, -0.05) is 27.7 Å². The van der Waals surface area contributed by atoms with Crippen molar-refractivity contribution in [3.63, 3.8) is 0 Å². The van der Waals surface area contributed by atoms with Gasteiger partial charge in [0.2, 0.25) is 0 Å². The van der Waals surface area contributed by atoms with Crippen LogP contribution >= 0.6 is 0 Å². The summed E-state index contributed by atoms with van der Waals surface area (Å²) in [6.45, 7) is 10.6. The molecule has 0 bridgehead atoms. The van der Waals surface area contributed by atoms with Crippen LogP contribution in [0.2, 0.25) is 0 Å². The minimum Gasteiger partial charge on any atom is -0.388 e. The Morgan fingerprint density at radius 1 is 1.32 bits per heavy atom. The van der Waals surface area contributed by atoms with Crippen LogP contribution < -0.4 is 16.6 Å². The monoisotopic (exact) mass is 397 g/mol. The predicted octanol–water partition coefficient (Wildman–Crippen LogP) is 0.412. The van der Waals surface area contributed by atoms with Crippen LogP contribution in [0.3, 0.4) is 0 Å². The molecule has 9 nitrogen and oxygen atoms in total. The molecule has 0 saturated carbocycles. The van der Waals surface area contributed by atoms with E-state index in [9.17, 15) is 19.5 Å². The zero-order valence-electron chi connectivity index (χ0n) is 17.5. The third kappa shape index (κ3) is 4.21. The Bertz CT molecular complexity index is 835. The number of aromatic amines is 1. The topological polar surface area (TPSA) is 123 Å². The van der Waals surface area contributed by atoms with Gasteiger partial charge in [0.05, 0.1) is 6.10 Å². The van der Waals surface area contributed by atoms with Crippen LogP contribution in [-0.2, 0) is 19.7 Å². The number of aromatic nitrogens is 2. The Hall–Kier alpha value is -1.97. The van der Waals surface area contributed by atoms with Gasteiger partial charge >= 0.3 is 5.69 Å². The van der Waals surface area contributed by atoms with Crippen LogP contribution in [0.4, 0.5) is 0 Å². The zero-order chi connectivity index (χ0) is 21.4. The molecule has 9 heteroatoms. The van der Waals surface area contributed by atoms with Gasteiger partial charge in [0.25, 0.3) is 11.5 Å². The average Bonchev–Trinajstić information content (AvgIpc) is 2.88.